The van der Waals surface area contributed by atoms with Crippen LogP contribution in [0.15, 0.2) is 18.2 Å². The van der Waals surface area contributed by atoms with E-state index in [-0.39, 0.29) is 17.9 Å². The number of nitrogens with zero attached hydrogens (tertiary/aromatic N) is 1. The highest BCUT2D eigenvalue weighted by molar-refractivity contribution is 6.10. The molecule has 3 aliphatic carbocycles. The number of halogens is 1. The Hall–Kier alpha value is -1.38. The Kier molecular flexibility index (Phi) is 2.54. The first-order valence-corrected chi connectivity index (χ1v) is 9.09. The predicted octanol–water partition coefficient (Wildman–Crippen LogP) is 4.33. The molecule has 2 nitrogen and oxygen atoms in total. The van der Waals surface area contributed by atoms with Gasteiger partial charge in [-0.3, -0.25) is 4.79 Å². The average molecular weight is 313 g/mol. The van der Waals surface area contributed by atoms with Crippen LogP contribution in [0.5, 0.6) is 0 Å². The van der Waals surface area contributed by atoms with Gasteiger partial charge in [-0.2, -0.15) is 0 Å². The fourth-order valence-corrected chi connectivity index (χ4v) is 4.57. The number of anilines is 1. The molecular weight excluding hydrogens is 289 g/mol. The van der Waals surface area contributed by atoms with E-state index in [0.717, 1.165) is 30.0 Å². The Morgan fingerprint density at radius 3 is 2.57 bits per heavy atom. The van der Waals surface area contributed by atoms with E-state index in [4.69, 9.17) is 0 Å². The molecule has 1 heterocycles. The first-order chi connectivity index (χ1) is 10.9. The van der Waals surface area contributed by atoms with Gasteiger partial charge in [-0.1, -0.05) is 26.0 Å². The summed E-state index contributed by atoms with van der Waals surface area (Å²) in [4.78, 5) is 14.7. The number of fused-ring (bicyclic) bond motifs is 2. The molecule has 4 aliphatic rings. The second-order valence-corrected chi connectivity index (χ2v) is 8.65. The number of carbonyl (C=O) groups excluding carboxylic acids is 1. The second kappa shape index (κ2) is 4.17. The van der Waals surface area contributed by atoms with Gasteiger partial charge in [-0.15, -0.1) is 0 Å². The summed E-state index contributed by atoms with van der Waals surface area (Å²) in [6.07, 6.45) is 4.34. The largest absolute Gasteiger partial charge is 0.308 e. The van der Waals surface area contributed by atoms with E-state index in [9.17, 15) is 9.18 Å². The molecule has 1 aliphatic heterocycles. The summed E-state index contributed by atoms with van der Waals surface area (Å²) in [5.74, 6) is 2.27. The van der Waals surface area contributed by atoms with Crippen LogP contribution in [-0.4, -0.2) is 18.1 Å². The van der Waals surface area contributed by atoms with Crippen LogP contribution < -0.4 is 4.90 Å². The topological polar surface area (TPSA) is 20.3 Å². The number of hydrogen-bond acceptors (Lipinski definition) is 1. The molecule has 122 valence electrons. The number of hydrogen-bond donors (Lipinski definition) is 0. The van der Waals surface area contributed by atoms with E-state index in [2.05, 4.69) is 32.0 Å². The van der Waals surface area contributed by atoms with E-state index >= 15 is 0 Å². The lowest BCUT2D eigenvalue weighted by Gasteiger charge is -2.20. The van der Waals surface area contributed by atoms with Gasteiger partial charge in [0, 0.05) is 5.69 Å². The van der Waals surface area contributed by atoms with Gasteiger partial charge >= 0.3 is 0 Å². The lowest BCUT2D eigenvalue weighted by Crippen LogP contribution is -2.37. The molecule has 1 aromatic rings. The van der Waals surface area contributed by atoms with Gasteiger partial charge in [-0.25, -0.2) is 4.39 Å². The molecule has 3 heteroatoms. The SMILES string of the molecule is CC(C)[C@H]1C[C@@H]1c1ccc2c(c1)N(CC1(F)CC1)C(=O)C21CC1. The maximum atomic E-state index is 14.3. The van der Waals surface area contributed by atoms with Crippen LogP contribution in [0.25, 0.3) is 0 Å². The van der Waals surface area contributed by atoms with E-state index in [1.165, 1.54) is 12.0 Å². The van der Waals surface area contributed by atoms with Gasteiger partial charge in [-0.05, 0) is 67.1 Å². The molecule has 0 unspecified atom stereocenters. The highest BCUT2D eigenvalue weighted by Gasteiger charge is 2.61. The van der Waals surface area contributed by atoms with Crippen LogP contribution >= 0.6 is 0 Å². The molecule has 1 spiro atoms. The van der Waals surface area contributed by atoms with Crippen molar-refractivity contribution in [3.05, 3.63) is 29.3 Å². The fourth-order valence-electron chi connectivity index (χ4n) is 4.57. The van der Waals surface area contributed by atoms with Crippen molar-refractivity contribution in [3.8, 4) is 0 Å². The molecule has 0 aromatic heterocycles. The third kappa shape index (κ3) is 1.95. The molecule has 3 saturated carbocycles. The summed E-state index contributed by atoms with van der Waals surface area (Å²) in [5, 5.41) is 0. The van der Waals surface area contributed by atoms with Crippen LogP contribution in [-0.2, 0) is 10.2 Å². The van der Waals surface area contributed by atoms with Crippen molar-refractivity contribution in [1.82, 2.24) is 0 Å². The Balaban J connectivity index is 1.51. The van der Waals surface area contributed by atoms with Crippen LogP contribution in [0.3, 0.4) is 0 Å². The molecular formula is C20H24FNO. The Morgan fingerprint density at radius 2 is 2.00 bits per heavy atom. The normalized spacial score (nSPS) is 31.7. The third-order valence-electron chi connectivity index (χ3n) is 6.59. The summed E-state index contributed by atoms with van der Waals surface area (Å²) in [6.45, 7) is 4.84. The number of amides is 1. The minimum atomic E-state index is -1.12. The van der Waals surface area contributed by atoms with Crippen LogP contribution in [0.2, 0.25) is 0 Å². The van der Waals surface area contributed by atoms with Crippen molar-refractivity contribution < 1.29 is 9.18 Å². The highest BCUT2D eigenvalue weighted by atomic mass is 19.1. The van der Waals surface area contributed by atoms with Crippen LogP contribution in [0, 0.1) is 11.8 Å². The summed E-state index contributed by atoms with van der Waals surface area (Å²) < 4.78 is 14.3. The molecule has 2 atom stereocenters. The Bertz CT molecular complexity index is 702. The molecule has 0 N–H and O–H groups in total. The number of carbonyl (C=O) groups is 1. The summed E-state index contributed by atoms with van der Waals surface area (Å²) in [5.41, 5.74) is 2.12. The van der Waals surface area contributed by atoms with Gasteiger partial charge in [0.05, 0.1) is 12.0 Å². The third-order valence-corrected chi connectivity index (χ3v) is 6.59. The highest BCUT2D eigenvalue weighted by Crippen LogP contribution is 2.60. The molecule has 0 bridgehead atoms. The van der Waals surface area contributed by atoms with Gasteiger partial charge in [0.25, 0.3) is 0 Å². The van der Waals surface area contributed by atoms with Gasteiger partial charge in [0.2, 0.25) is 5.91 Å². The quantitative estimate of drug-likeness (QED) is 0.810. The van der Waals surface area contributed by atoms with Gasteiger partial charge in [0.1, 0.15) is 5.67 Å². The second-order valence-electron chi connectivity index (χ2n) is 8.65. The van der Waals surface area contributed by atoms with Crippen molar-refractivity contribution in [3.63, 3.8) is 0 Å². The number of rotatable bonds is 4. The van der Waals surface area contributed by atoms with Gasteiger partial charge in [0.15, 0.2) is 0 Å². The van der Waals surface area contributed by atoms with Crippen molar-refractivity contribution >= 4 is 11.6 Å². The lowest BCUT2D eigenvalue weighted by molar-refractivity contribution is -0.120. The lowest BCUT2D eigenvalue weighted by atomic mass is 9.95. The van der Waals surface area contributed by atoms with Crippen molar-refractivity contribution in [1.29, 1.82) is 0 Å². The van der Waals surface area contributed by atoms with E-state index < -0.39 is 5.67 Å². The standard InChI is InChI=1S/C20H24FNO/c1-12(2)14-10-15(14)13-3-4-16-17(9-13)22(11-19(21)5-6-19)18(23)20(16)7-8-20/h3-4,9,12,14-15H,5-8,10-11H2,1-2H3/t14-,15-/m1/s1. The zero-order chi connectivity index (χ0) is 16.0. The summed E-state index contributed by atoms with van der Waals surface area (Å²) in [6, 6.07) is 6.60. The first kappa shape index (κ1) is 14.0. The van der Waals surface area contributed by atoms with Gasteiger partial charge < -0.3 is 4.90 Å². The van der Waals surface area contributed by atoms with Crippen molar-refractivity contribution in [2.75, 3.05) is 11.4 Å². The van der Waals surface area contributed by atoms with Crippen molar-refractivity contribution in [2.45, 2.75) is 63.0 Å². The predicted molar refractivity (Wildman–Crippen MR) is 88.5 cm³/mol. The number of benzene rings is 1. The number of alkyl halides is 1. The maximum absolute atomic E-state index is 14.3. The molecule has 0 saturated heterocycles. The molecule has 3 fully saturated rings. The zero-order valence-electron chi connectivity index (χ0n) is 13.9. The van der Waals surface area contributed by atoms with Crippen LogP contribution in [0.4, 0.5) is 10.1 Å². The maximum Gasteiger partial charge on any atom is 0.237 e. The minimum absolute atomic E-state index is 0.157. The van der Waals surface area contributed by atoms with E-state index in [0.29, 0.717) is 24.7 Å². The monoisotopic (exact) mass is 313 g/mol. The smallest absolute Gasteiger partial charge is 0.237 e. The van der Waals surface area contributed by atoms with Crippen molar-refractivity contribution in [2.24, 2.45) is 11.8 Å². The Morgan fingerprint density at radius 1 is 1.26 bits per heavy atom. The van der Waals surface area contributed by atoms with E-state index in [1.54, 1.807) is 4.90 Å². The Labute approximate surface area is 137 Å². The first-order valence-electron chi connectivity index (χ1n) is 9.09. The van der Waals surface area contributed by atoms with E-state index in [1.807, 2.05) is 0 Å². The van der Waals surface area contributed by atoms with Crippen LogP contribution in [0.1, 0.15) is 63.0 Å². The molecule has 0 radical (unpaired) electrons. The minimum Gasteiger partial charge on any atom is -0.308 e. The molecule has 1 aromatic carbocycles. The zero-order valence-corrected chi connectivity index (χ0v) is 13.9. The molecule has 1 amide bonds. The molecule has 23 heavy (non-hydrogen) atoms. The summed E-state index contributed by atoms with van der Waals surface area (Å²) >= 11 is 0. The average Bonchev–Trinajstić information content (AvgIpc) is 3.40. The summed E-state index contributed by atoms with van der Waals surface area (Å²) in [7, 11) is 0. The fraction of sp³-hybridized carbons (Fsp3) is 0.650. The molecule has 5 rings (SSSR count).